The number of hydrogen-bond acceptors (Lipinski definition) is 4. The topological polar surface area (TPSA) is 45.7 Å². The standard InChI is InChI=1S/C22H27N3O2/c1-3-27-15-21(26)25-13-17-12-24(18-8-10-23-11-9-18)14-20(17)22(25)19-7-5-4-6-16(19)2/h4-11,17,20,22H,3,12-15H2,1-2H3/t17-,20-,22+/m0/s1. The first kappa shape index (κ1) is 18.0. The minimum atomic E-state index is 0.106. The number of benzene rings is 1. The fraction of sp³-hybridized carbons (Fsp3) is 0.455. The molecule has 0 aliphatic carbocycles. The van der Waals surface area contributed by atoms with Gasteiger partial charge in [0, 0.05) is 56.2 Å². The third-order valence-corrected chi connectivity index (χ3v) is 5.95. The highest BCUT2D eigenvalue weighted by molar-refractivity contribution is 5.78. The molecular formula is C22H27N3O2. The molecule has 1 aromatic carbocycles. The van der Waals surface area contributed by atoms with E-state index in [4.69, 9.17) is 4.74 Å². The molecule has 2 fully saturated rings. The molecule has 1 amide bonds. The molecule has 0 N–H and O–H groups in total. The Hall–Kier alpha value is -2.40. The Bertz CT molecular complexity index is 795. The van der Waals surface area contributed by atoms with Crippen molar-refractivity contribution >= 4 is 11.6 Å². The van der Waals surface area contributed by atoms with Crippen molar-refractivity contribution < 1.29 is 9.53 Å². The average Bonchev–Trinajstić information content (AvgIpc) is 3.25. The number of carbonyl (C=O) groups is 1. The number of amides is 1. The zero-order valence-corrected chi connectivity index (χ0v) is 16.0. The number of fused-ring (bicyclic) bond motifs is 1. The van der Waals surface area contributed by atoms with Crippen molar-refractivity contribution in [3.8, 4) is 0 Å². The molecule has 1 aromatic heterocycles. The summed E-state index contributed by atoms with van der Waals surface area (Å²) in [4.78, 5) is 21.5. The summed E-state index contributed by atoms with van der Waals surface area (Å²) in [5.41, 5.74) is 3.74. The van der Waals surface area contributed by atoms with E-state index in [0.717, 1.165) is 19.6 Å². The molecule has 0 radical (unpaired) electrons. The molecule has 5 heteroatoms. The first-order valence-electron chi connectivity index (χ1n) is 9.76. The van der Waals surface area contributed by atoms with Crippen molar-refractivity contribution in [2.75, 3.05) is 37.7 Å². The highest BCUT2D eigenvalue weighted by atomic mass is 16.5. The summed E-state index contributed by atoms with van der Waals surface area (Å²) in [6, 6.07) is 12.7. The van der Waals surface area contributed by atoms with Gasteiger partial charge in [-0.15, -0.1) is 0 Å². The lowest BCUT2D eigenvalue weighted by atomic mass is 9.87. The van der Waals surface area contributed by atoms with Gasteiger partial charge in [-0.3, -0.25) is 9.78 Å². The number of likely N-dealkylation sites (tertiary alicyclic amines) is 1. The van der Waals surface area contributed by atoms with Gasteiger partial charge in [-0.25, -0.2) is 0 Å². The second kappa shape index (κ2) is 7.69. The lowest BCUT2D eigenvalue weighted by Gasteiger charge is -2.31. The van der Waals surface area contributed by atoms with Crippen LogP contribution in [0.5, 0.6) is 0 Å². The SMILES string of the molecule is CCOCC(=O)N1C[C@@H]2CN(c3ccncc3)C[C@@H]2[C@H]1c1ccccc1C. The molecule has 3 atom stereocenters. The fourth-order valence-electron chi connectivity index (χ4n) is 4.66. The normalized spacial score (nSPS) is 24.3. The van der Waals surface area contributed by atoms with E-state index in [9.17, 15) is 4.79 Å². The zero-order valence-electron chi connectivity index (χ0n) is 16.0. The zero-order chi connectivity index (χ0) is 18.8. The van der Waals surface area contributed by atoms with Gasteiger partial charge < -0.3 is 14.5 Å². The van der Waals surface area contributed by atoms with Crippen LogP contribution in [0.25, 0.3) is 0 Å². The van der Waals surface area contributed by atoms with Crippen molar-refractivity contribution in [2.45, 2.75) is 19.9 Å². The lowest BCUT2D eigenvalue weighted by Crippen LogP contribution is -2.38. The van der Waals surface area contributed by atoms with Crippen LogP contribution in [-0.4, -0.2) is 48.6 Å². The molecule has 3 heterocycles. The third-order valence-electron chi connectivity index (χ3n) is 5.95. The van der Waals surface area contributed by atoms with Crippen molar-refractivity contribution in [1.29, 1.82) is 0 Å². The summed E-state index contributed by atoms with van der Waals surface area (Å²) < 4.78 is 5.43. The predicted molar refractivity (Wildman–Crippen MR) is 106 cm³/mol. The summed E-state index contributed by atoms with van der Waals surface area (Å²) in [6.07, 6.45) is 3.69. The van der Waals surface area contributed by atoms with Gasteiger partial charge in [-0.2, -0.15) is 0 Å². The maximum absolute atomic E-state index is 12.9. The molecule has 142 valence electrons. The molecule has 0 unspecified atom stereocenters. The van der Waals surface area contributed by atoms with Crippen molar-refractivity contribution in [3.05, 3.63) is 59.9 Å². The van der Waals surface area contributed by atoms with Crippen LogP contribution >= 0.6 is 0 Å². The Balaban J connectivity index is 1.62. The Morgan fingerprint density at radius 1 is 1.15 bits per heavy atom. The molecule has 2 aliphatic rings. The average molecular weight is 365 g/mol. The maximum Gasteiger partial charge on any atom is 0.249 e. The number of hydrogen-bond donors (Lipinski definition) is 0. The Labute approximate surface area is 161 Å². The van der Waals surface area contributed by atoms with E-state index in [-0.39, 0.29) is 18.6 Å². The molecular weight excluding hydrogens is 338 g/mol. The second-order valence-corrected chi connectivity index (χ2v) is 7.52. The van der Waals surface area contributed by atoms with Crippen LogP contribution in [-0.2, 0) is 9.53 Å². The number of aryl methyl sites for hydroxylation is 1. The largest absolute Gasteiger partial charge is 0.372 e. The molecule has 0 saturated carbocycles. The first-order chi connectivity index (χ1) is 13.2. The molecule has 2 aliphatic heterocycles. The molecule has 2 saturated heterocycles. The third kappa shape index (κ3) is 3.44. The van der Waals surface area contributed by atoms with E-state index < -0.39 is 0 Å². The smallest absolute Gasteiger partial charge is 0.249 e. The van der Waals surface area contributed by atoms with E-state index in [1.54, 1.807) is 0 Å². The highest BCUT2D eigenvalue weighted by Gasteiger charge is 2.49. The quantitative estimate of drug-likeness (QED) is 0.817. The van der Waals surface area contributed by atoms with E-state index in [1.807, 2.05) is 19.3 Å². The number of nitrogens with zero attached hydrogens (tertiary/aromatic N) is 3. The van der Waals surface area contributed by atoms with Crippen molar-refractivity contribution in [1.82, 2.24) is 9.88 Å². The first-order valence-corrected chi connectivity index (χ1v) is 9.76. The minimum Gasteiger partial charge on any atom is -0.372 e. The highest BCUT2D eigenvalue weighted by Crippen LogP contribution is 2.46. The summed E-state index contributed by atoms with van der Waals surface area (Å²) in [7, 11) is 0. The monoisotopic (exact) mass is 365 g/mol. The van der Waals surface area contributed by atoms with Crippen molar-refractivity contribution in [3.63, 3.8) is 0 Å². The maximum atomic E-state index is 12.9. The van der Waals surface area contributed by atoms with Crippen LogP contribution in [0.4, 0.5) is 5.69 Å². The van der Waals surface area contributed by atoms with Crippen molar-refractivity contribution in [2.24, 2.45) is 11.8 Å². The van der Waals surface area contributed by atoms with Gasteiger partial charge in [0.25, 0.3) is 0 Å². The van der Waals surface area contributed by atoms with Gasteiger partial charge in [0.15, 0.2) is 0 Å². The van der Waals surface area contributed by atoms with Crippen LogP contribution in [0.2, 0.25) is 0 Å². The summed E-state index contributed by atoms with van der Waals surface area (Å²) in [5.74, 6) is 1.02. The molecule has 2 aromatic rings. The molecule has 27 heavy (non-hydrogen) atoms. The van der Waals surface area contributed by atoms with E-state index in [2.05, 4.69) is 58.1 Å². The van der Waals surface area contributed by atoms with Gasteiger partial charge in [-0.05, 0) is 37.1 Å². The Morgan fingerprint density at radius 3 is 2.67 bits per heavy atom. The van der Waals surface area contributed by atoms with Crippen LogP contribution in [0.1, 0.15) is 24.1 Å². The van der Waals surface area contributed by atoms with Crippen LogP contribution in [0.3, 0.4) is 0 Å². The van der Waals surface area contributed by atoms with Crippen LogP contribution in [0.15, 0.2) is 48.8 Å². The van der Waals surface area contributed by atoms with Gasteiger partial charge in [0.1, 0.15) is 6.61 Å². The Morgan fingerprint density at radius 2 is 1.93 bits per heavy atom. The lowest BCUT2D eigenvalue weighted by molar-refractivity contribution is -0.137. The number of aromatic nitrogens is 1. The van der Waals surface area contributed by atoms with E-state index >= 15 is 0 Å². The Kier molecular flexibility index (Phi) is 5.12. The van der Waals surface area contributed by atoms with E-state index in [1.165, 1.54) is 16.8 Å². The minimum absolute atomic E-state index is 0.106. The van der Waals surface area contributed by atoms with E-state index in [0.29, 0.717) is 18.4 Å². The van der Waals surface area contributed by atoms with Gasteiger partial charge in [0.2, 0.25) is 5.91 Å². The number of pyridine rings is 1. The molecule has 4 rings (SSSR count). The van der Waals surface area contributed by atoms with Gasteiger partial charge in [0.05, 0.1) is 6.04 Å². The fourth-order valence-corrected chi connectivity index (χ4v) is 4.66. The number of carbonyl (C=O) groups excluding carboxylic acids is 1. The number of anilines is 1. The second-order valence-electron chi connectivity index (χ2n) is 7.52. The summed E-state index contributed by atoms with van der Waals surface area (Å²) in [6.45, 7) is 7.56. The van der Waals surface area contributed by atoms with Crippen LogP contribution < -0.4 is 4.90 Å². The van der Waals surface area contributed by atoms with Gasteiger partial charge >= 0.3 is 0 Å². The number of rotatable bonds is 5. The molecule has 0 spiro atoms. The molecule has 5 nitrogen and oxygen atoms in total. The van der Waals surface area contributed by atoms with Crippen LogP contribution in [0, 0.1) is 18.8 Å². The predicted octanol–water partition coefficient (Wildman–Crippen LogP) is 3.06. The van der Waals surface area contributed by atoms with Gasteiger partial charge in [-0.1, -0.05) is 24.3 Å². The summed E-state index contributed by atoms with van der Waals surface area (Å²) in [5, 5.41) is 0. The molecule has 0 bridgehead atoms. The summed E-state index contributed by atoms with van der Waals surface area (Å²) >= 11 is 0. The number of ether oxygens (including phenoxy) is 1.